The molecule has 0 radical (unpaired) electrons. The number of aryl methyl sites for hydroxylation is 1. The number of hydrogen-bond acceptors (Lipinski definition) is 10. The van der Waals surface area contributed by atoms with Crippen molar-refractivity contribution in [2.45, 2.75) is 43.5 Å². The first-order valence-electron chi connectivity index (χ1n) is 18.7. The normalized spacial score (nSPS) is 20.8. The molecule has 0 saturated carbocycles. The Balaban J connectivity index is 1.19. The number of nitrogens with one attached hydrogen (secondary N) is 1. The van der Waals surface area contributed by atoms with Gasteiger partial charge >= 0.3 is 5.69 Å². The fraction of sp³-hybridized carbons (Fsp3) is 0.250. The minimum atomic E-state index is -1.71. The number of nitrogens with zero attached hydrogens (tertiary/aromatic N) is 3. The zero-order valence-electron chi connectivity index (χ0n) is 31.8. The number of benzene rings is 4. The molecule has 2 aliphatic rings. The van der Waals surface area contributed by atoms with Gasteiger partial charge in [-0.15, -0.1) is 0 Å². The second-order valence-electron chi connectivity index (χ2n) is 13.8. The molecule has 0 amide bonds. The van der Waals surface area contributed by atoms with Crippen molar-refractivity contribution in [3.63, 3.8) is 0 Å². The van der Waals surface area contributed by atoms with Crippen molar-refractivity contribution in [2.24, 2.45) is 0 Å². The summed E-state index contributed by atoms with van der Waals surface area (Å²) >= 11 is 0. The summed E-state index contributed by atoms with van der Waals surface area (Å²) in [5.74, 6) is 2.13. The Kier molecular flexibility index (Phi) is 11.3. The fourth-order valence-electron chi connectivity index (χ4n) is 7.35. The lowest BCUT2D eigenvalue weighted by atomic mass is 9.80. The number of anilines is 1. The van der Waals surface area contributed by atoms with Crippen LogP contribution in [0.25, 0.3) is 0 Å². The zero-order valence-corrected chi connectivity index (χ0v) is 32.7. The molecule has 0 bridgehead atoms. The predicted molar refractivity (Wildman–Crippen MR) is 216 cm³/mol. The molecule has 292 valence electrons. The number of aromatic amines is 1. The highest BCUT2D eigenvalue weighted by Crippen LogP contribution is 2.57. The molecule has 4 aromatic carbocycles. The van der Waals surface area contributed by atoms with Crippen LogP contribution >= 0.6 is 8.53 Å². The van der Waals surface area contributed by atoms with Gasteiger partial charge in [0.25, 0.3) is 14.1 Å². The average molecular weight is 787 g/mol. The molecule has 0 aliphatic carbocycles. The molecule has 57 heavy (non-hydrogen) atoms. The van der Waals surface area contributed by atoms with Crippen molar-refractivity contribution < 1.29 is 28.0 Å². The zero-order chi connectivity index (χ0) is 39.4. The van der Waals surface area contributed by atoms with E-state index in [2.05, 4.69) is 14.6 Å². The Labute approximate surface area is 331 Å². The first-order valence-corrected chi connectivity index (χ1v) is 19.8. The minimum Gasteiger partial charge on any atom is -0.497 e. The van der Waals surface area contributed by atoms with Crippen molar-refractivity contribution in [1.29, 1.82) is 0 Å². The molecule has 2 aliphatic heterocycles. The second-order valence-corrected chi connectivity index (χ2v) is 15.2. The third-order valence-corrected chi connectivity index (χ3v) is 12.0. The summed E-state index contributed by atoms with van der Waals surface area (Å²) < 4.78 is 42.3. The van der Waals surface area contributed by atoms with Crippen molar-refractivity contribution in [3.8, 4) is 11.5 Å². The summed E-state index contributed by atoms with van der Waals surface area (Å²) in [6, 6.07) is 41.4. The highest BCUT2D eigenvalue weighted by Gasteiger charge is 2.47. The number of methoxy groups -OCH3 is 2. The molecule has 2 saturated heterocycles. The summed E-state index contributed by atoms with van der Waals surface area (Å²) in [6.45, 7) is 2.22. The van der Waals surface area contributed by atoms with E-state index in [9.17, 15) is 9.59 Å². The van der Waals surface area contributed by atoms with E-state index in [1.165, 1.54) is 10.8 Å². The van der Waals surface area contributed by atoms with E-state index >= 15 is 0 Å². The van der Waals surface area contributed by atoms with Gasteiger partial charge in [0.2, 0.25) is 0 Å². The van der Waals surface area contributed by atoms with E-state index in [1.807, 2.05) is 127 Å². The second kappa shape index (κ2) is 16.9. The molecular formula is C44H43N4O8P. The van der Waals surface area contributed by atoms with Crippen LogP contribution in [0.15, 0.2) is 149 Å². The maximum absolute atomic E-state index is 13.2. The average Bonchev–Trinajstić information content (AvgIpc) is 3.88. The predicted octanol–water partition coefficient (Wildman–Crippen LogP) is 7.44. The standard InChI is InChI=1S/C44H43N4O8P/c1-30-27-47(43(50)46-42(30)49)41-26-37(55-57-48(40-16-10-11-25-45-40)28-38(56-57)31-12-6-4-7-13-31)39(54-41)29-53-44(32-14-8-5-9-15-32,33-17-21-35(51-2)22-18-33)34-19-23-36(52-3)24-20-34/h4-25,27,37-39,41H,26,28-29H2,1-3H3,(H,46,49,50)/t37-,38-,39+,41+,57?/m0/s1. The molecule has 1 N–H and O–H groups in total. The van der Waals surface area contributed by atoms with Gasteiger partial charge in [0, 0.05) is 24.4 Å². The monoisotopic (exact) mass is 786 g/mol. The van der Waals surface area contributed by atoms with Crippen LogP contribution in [0.4, 0.5) is 5.82 Å². The van der Waals surface area contributed by atoms with Crippen LogP contribution in [0.2, 0.25) is 0 Å². The Hall–Kier alpha value is -5.62. The molecular weight excluding hydrogens is 743 g/mol. The van der Waals surface area contributed by atoms with E-state index in [0.29, 0.717) is 23.6 Å². The number of rotatable bonds is 13. The van der Waals surface area contributed by atoms with E-state index in [4.69, 9.17) is 28.0 Å². The van der Waals surface area contributed by atoms with E-state index in [-0.39, 0.29) is 19.1 Å². The molecule has 13 heteroatoms. The van der Waals surface area contributed by atoms with Gasteiger partial charge in [0.05, 0.1) is 33.5 Å². The van der Waals surface area contributed by atoms with E-state index in [0.717, 1.165) is 28.1 Å². The quantitative estimate of drug-likeness (QED) is 0.0933. The van der Waals surface area contributed by atoms with Crippen LogP contribution < -0.4 is 25.4 Å². The van der Waals surface area contributed by atoms with Crippen LogP contribution in [0, 0.1) is 6.92 Å². The lowest BCUT2D eigenvalue weighted by Crippen LogP contribution is -2.38. The van der Waals surface area contributed by atoms with Gasteiger partial charge in [-0.1, -0.05) is 91.0 Å². The van der Waals surface area contributed by atoms with Gasteiger partial charge in [-0.25, -0.2) is 9.78 Å². The topological polar surface area (TPSA) is 126 Å². The van der Waals surface area contributed by atoms with Gasteiger partial charge < -0.3 is 28.0 Å². The SMILES string of the molecule is COc1ccc(C(OC[C@H]2O[C@@H](n3cc(C)c(=O)[nH]c3=O)C[C@@H]2OP2O[C@H](c3ccccc3)CN2c2ccccn2)(c2ccccc2)c2ccc(OC)cc2)cc1. The van der Waals surface area contributed by atoms with Crippen LogP contribution in [0.5, 0.6) is 11.5 Å². The van der Waals surface area contributed by atoms with Gasteiger partial charge in [0.1, 0.15) is 41.4 Å². The molecule has 2 aromatic heterocycles. The van der Waals surface area contributed by atoms with E-state index in [1.54, 1.807) is 27.3 Å². The summed E-state index contributed by atoms with van der Waals surface area (Å²) in [6.07, 6.45) is 1.20. The molecule has 4 heterocycles. The molecule has 5 atom stereocenters. The van der Waals surface area contributed by atoms with Crippen molar-refractivity contribution in [3.05, 3.63) is 188 Å². The Morgan fingerprint density at radius 3 is 2.04 bits per heavy atom. The highest BCUT2D eigenvalue weighted by molar-refractivity contribution is 7.49. The summed E-state index contributed by atoms with van der Waals surface area (Å²) in [4.78, 5) is 32.7. The van der Waals surface area contributed by atoms with Crippen molar-refractivity contribution >= 4 is 14.3 Å². The Morgan fingerprint density at radius 1 is 0.807 bits per heavy atom. The first kappa shape index (κ1) is 38.3. The number of hydrogen-bond donors (Lipinski definition) is 1. The van der Waals surface area contributed by atoms with Gasteiger partial charge in [-0.2, -0.15) is 0 Å². The molecule has 0 spiro atoms. The molecule has 2 fully saturated rings. The highest BCUT2D eigenvalue weighted by atomic mass is 31.2. The van der Waals surface area contributed by atoms with Crippen LogP contribution in [-0.2, 0) is 24.1 Å². The smallest absolute Gasteiger partial charge is 0.330 e. The van der Waals surface area contributed by atoms with Crippen LogP contribution in [0.1, 0.15) is 46.6 Å². The number of ether oxygens (including phenoxy) is 4. The van der Waals surface area contributed by atoms with Crippen molar-refractivity contribution in [2.75, 3.05) is 32.0 Å². The number of pyridine rings is 1. The third kappa shape index (κ3) is 7.87. The summed E-state index contributed by atoms with van der Waals surface area (Å²) in [5, 5.41) is 0. The van der Waals surface area contributed by atoms with E-state index < -0.39 is 43.8 Å². The molecule has 12 nitrogen and oxygen atoms in total. The van der Waals surface area contributed by atoms with Gasteiger partial charge in [-0.05, 0) is 65.6 Å². The number of H-pyrrole nitrogens is 1. The third-order valence-electron chi connectivity index (χ3n) is 10.3. The van der Waals surface area contributed by atoms with Crippen molar-refractivity contribution in [1.82, 2.24) is 14.5 Å². The molecule has 1 unspecified atom stereocenters. The summed E-state index contributed by atoms with van der Waals surface area (Å²) in [7, 11) is 1.56. The minimum absolute atomic E-state index is 0.0417. The van der Waals surface area contributed by atoms with Gasteiger partial charge in [0.15, 0.2) is 0 Å². The van der Waals surface area contributed by atoms with Crippen LogP contribution in [0.3, 0.4) is 0 Å². The Morgan fingerprint density at radius 2 is 1.42 bits per heavy atom. The number of aromatic nitrogens is 3. The first-order chi connectivity index (χ1) is 27.9. The summed E-state index contributed by atoms with van der Waals surface area (Å²) in [5.41, 5.74) is 1.84. The lowest BCUT2D eigenvalue weighted by molar-refractivity contribution is -0.0917. The largest absolute Gasteiger partial charge is 0.497 e. The molecule has 8 rings (SSSR count). The Bertz CT molecular complexity index is 2320. The fourth-order valence-corrected chi connectivity index (χ4v) is 9.06. The lowest BCUT2D eigenvalue weighted by Gasteiger charge is -2.37. The molecule has 6 aromatic rings. The maximum atomic E-state index is 13.2. The maximum Gasteiger partial charge on any atom is 0.330 e. The van der Waals surface area contributed by atoms with Crippen LogP contribution in [-0.4, -0.2) is 54.1 Å². The van der Waals surface area contributed by atoms with Gasteiger partial charge in [-0.3, -0.25) is 19.0 Å².